The van der Waals surface area contributed by atoms with E-state index in [4.69, 9.17) is 0 Å². The molecule has 2 amide bonds. The number of benzene rings is 1. The van der Waals surface area contributed by atoms with E-state index in [9.17, 15) is 9.59 Å². The van der Waals surface area contributed by atoms with E-state index in [-0.39, 0.29) is 11.8 Å². The molecule has 4 aliphatic rings. The third-order valence-electron chi connectivity index (χ3n) is 11.1. The Hall–Kier alpha value is -2.64. The molecule has 0 spiro atoms. The topological polar surface area (TPSA) is 68.4 Å². The minimum atomic E-state index is -0.532. The molecule has 0 radical (unpaired) electrons. The van der Waals surface area contributed by atoms with Crippen molar-refractivity contribution in [3.63, 3.8) is 0 Å². The average molecular weight is 601 g/mol. The van der Waals surface area contributed by atoms with E-state index in [1.54, 1.807) is 11.3 Å². The van der Waals surface area contributed by atoms with Crippen molar-refractivity contribution in [3.05, 3.63) is 45.8 Å². The van der Waals surface area contributed by atoms with Crippen molar-refractivity contribution < 1.29 is 9.59 Å². The summed E-state index contributed by atoms with van der Waals surface area (Å²) in [6, 6.07) is 10.0. The molecule has 43 heavy (non-hydrogen) atoms. The molecule has 3 aliphatic heterocycles. The third kappa shape index (κ3) is 5.45. The second-order valence-corrected chi connectivity index (χ2v) is 15.7. The molecule has 2 N–H and O–H groups in total. The number of carbonyl (C=O) groups is 2. The zero-order valence-corrected chi connectivity index (χ0v) is 27.2. The van der Waals surface area contributed by atoms with Gasteiger partial charge < -0.3 is 15.2 Å². The Morgan fingerprint density at radius 1 is 0.930 bits per heavy atom. The summed E-state index contributed by atoms with van der Waals surface area (Å²) in [6.07, 6.45) is 10.2. The van der Waals surface area contributed by atoms with Crippen LogP contribution < -0.4 is 5.32 Å². The number of nitrogens with one attached hydrogen (secondary N) is 2. The minimum absolute atomic E-state index is 0.265. The Labute approximate surface area is 260 Å². The van der Waals surface area contributed by atoms with Gasteiger partial charge in [-0.05, 0) is 122 Å². The Morgan fingerprint density at radius 2 is 1.58 bits per heavy atom. The maximum absolute atomic E-state index is 14.0. The number of piperidine rings is 1. The fourth-order valence-electron chi connectivity index (χ4n) is 8.17. The van der Waals surface area contributed by atoms with Crippen molar-refractivity contribution >= 4 is 33.4 Å². The van der Waals surface area contributed by atoms with Crippen LogP contribution in [0, 0.1) is 25.7 Å². The molecule has 7 heteroatoms. The standard InChI is InChI=1S/C36H48N4O2S/c1-22-16-23(2)18-26(17-22)32-30(21-39-14-12-24(13-15-39)20-37-33(41)25-6-5-7-25)29-19-31(43-34(29)38-32)36(3,4)35(42)40-27-8-9-28(40)11-10-27/h16-19,24-25,27-28,38H,5-15,20-21H2,1-4H3,(H,37,41). The van der Waals surface area contributed by atoms with Crippen molar-refractivity contribution in [1.29, 1.82) is 0 Å². The Morgan fingerprint density at radius 3 is 2.19 bits per heavy atom. The first-order chi connectivity index (χ1) is 20.7. The highest BCUT2D eigenvalue weighted by Gasteiger charge is 2.47. The number of amides is 2. The number of aryl methyl sites for hydroxylation is 2. The van der Waals surface area contributed by atoms with Crippen molar-refractivity contribution in [3.8, 4) is 11.3 Å². The van der Waals surface area contributed by atoms with E-state index in [0.717, 1.165) is 51.9 Å². The maximum atomic E-state index is 14.0. The summed E-state index contributed by atoms with van der Waals surface area (Å²) < 4.78 is 0. The SMILES string of the molecule is Cc1cc(C)cc(-c2[nH]c3sc(C(C)(C)C(=O)N4C5CCC4CC5)cc3c2CN2CCC(CNC(=O)C3CCC3)CC2)c1. The molecule has 5 heterocycles. The molecule has 230 valence electrons. The second-order valence-electron chi connectivity index (χ2n) is 14.6. The normalized spacial score (nSPS) is 23.3. The summed E-state index contributed by atoms with van der Waals surface area (Å²) in [5, 5.41) is 4.52. The highest BCUT2D eigenvalue weighted by Crippen LogP contribution is 2.45. The lowest BCUT2D eigenvalue weighted by Crippen LogP contribution is -2.45. The fourth-order valence-corrected chi connectivity index (χ4v) is 9.36. The molecule has 1 saturated carbocycles. The van der Waals surface area contributed by atoms with Gasteiger partial charge in [-0.2, -0.15) is 0 Å². The lowest BCUT2D eigenvalue weighted by atomic mass is 9.84. The van der Waals surface area contributed by atoms with Gasteiger partial charge in [0.25, 0.3) is 0 Å². The Kier molecular flexibility index (Phi) is 7.70. The van der Waals surface area contributed by atoms with E-state index in [2.05, 4.69) is 72.1 Å². The summed E-state index contributed by atoms with van der Waals surface area (Å²) in [5.74, 6) is 1.41. The number of carbonyl (C=O) groups excluding carboxylic acids is 2. The molecule has 3 aromatic rings. The molecule has 6 nitrogen and oxygen atoms in total. The van der Waals surface area contributed by atoms with Gasteiger partial charge in [0.2, 0.25) is 11.8 Å². The number of thiophene rings is 1. The van der Waals surface area contributed by atoms with Gasteiger partial charge in [0.1, 0.15) is 4.83 Å². The van der Waals surface area contributed by atoms with Crippen LogP contribution in [0.2, 0.25) is 0 Å². The first-order valence-electron chi connectivity index (χ1n) is 16.7. The monoisotopic (exact) mass is 600 g/mol. The van der Waals surface area contributed by atoms with Gasteiger partial charge in [-0.25, -0.2) is 0 Å². The van der Waals surface area contributed by atoms with Crippen LogP contribution in [0.1, 0.15) is 93.2 Å². The molecule has 2 aromatic heterocycles. The van der Waals surface area contributed by atoms with Crippen molar-refractivity contribution in [2.45, 2.75) is 110 Å². The molecule has 1 aliphatic carbocycles. The van der Waals surface area contributed by atoms with Crippen LogP contribution in [0.15, 0.2) is 24.3 Å². The highest BCUT2D eigenvalue weighted by molar-refractivity contribution is 7.19. The third-order valence-corrected chi connectivity index (χ3v) is 12.5. The number of fused-ring (bicyclic) bond motifs is 3. The lowest BCUT2D eigenvalue weighted by Gasteiger charge is -2.33. The second kappa shape index (κ2) is 11.4. The van der Waals surface area contributed by atoms with Crippen LogP contribution in [-0.4, -0.2) is 58.3 Å². The van der Waals surface area contributed by atoms with Crippen LogP contribution in [-0.2, 0) is 21.5 Å². The number of hydrogen-bond acceptors (Lipinski definition) is 4. The van der Waals surface area contributed by atoms with E-state index in [1.807, 2.05) is 0 Å². The number of aromatic nitrogens is 1. The number of H-pyrrole nitrogens is 1. The summed E-state index contributed by atoms with van der Waals surface area (Å²) in [5.41, 5.74) is 5.83. The summed E-state index contributed by atoms with van der Waals surface area (Å²) in [4.78, 5) is 37.3. The zero-order valence-electron chi connectivity index (χ0n) is 26.4. The molecule has 4 fully saturated rings. The highest BCUT2D eigenvalue weighted by atomic mass is 32.1. The van der Waals surface area contributed by atoms with E-state index in [0.29, 0.717) is 23.9 Å². The van der Waals surface area contributed by atoms with Crippen LogP contribution in [0.25, 0.3) is 21.5 Å². The molecular formula is C36H48N4O2S. The smallest absolute Gasteiger partial charge is 0.233 e. The Bertz CT molecular complexity index is 1480. The van der Waals surface area contributed by atoms with Gasteiger partial charge in [0.05, 0.1) is 11.1 Å². The summed E-state index contributed by atoms with van der Waals surface area (Å²) >= 11 is 1.77. The van der Waals surface area contributed by atoms with Gasteiger partial charge in [-0.1, -0.05) is 23.6 Å². The number of aromatic amines is 1. The quantitative estimate of drug-likeness (QED) is 0.291. The van der Waals surface area contributed by atoms with Gasteiger partial charge in [-0.15, -0.1) is 11.3 Å². The van der Waals surface area contributed by atoms with Crippen LogP contribution in [0.3, 0.4) is 0 Å². The average Bonchev–Trinajstić information content (AvgIpc) is 3.72. The predicted octanol–water partition coefficient (Wildman–Crippen LogP) is 7.07. The van der Waals surface area contributed by atoms with E-state index < -0.39 is 5.41 Å². The molecule has 3 saturated heterocycles. The van der Waals surface area contributed by atoms with Crippen molar-refractivity contribution in [2.75, 3.05) is 19.6 Å². The van der Waals surface area contributed by atoms with Crippen LogP contribution in [0.4, 0.5) is 0 Å². The predicted molar refractivity (Wildman–Crippen MR) is 175 cm³/mol. The van der Waals surface area contributed by atoms with Gasteiger partial charge in [-0.3, -0.25) is 14.5 Å². The number of nitrogens with zero attached hydrogens (tertiary/aromatic N) is 2. The fraction of sp³-hybridized carbons (Fsp3) is 0.611. The molecule has 0 atom stereocenters. The summed E-state index contributed by atoms with van der Waals surface area (Å²) in [6.45, 7) is 12.4. The first-order valence-corrected chi connectivity index (χ1v) is 17.6. The molecule has 2 bridgehead atoms. The molecule has 0 unspecified atom stereocenters. The number of likely N-dealkylation sites (tertiary alicyclic amines) is 1. The lowest BCUT2D eigenvalue weighted by molar-refractivity contribution is -0.137. The number of rotatable bonds is 8. The van der Waals surface area contributed by atoms with Crippen LogP contribution >= 0.6 is 11.3 Å². The molecule has 1 aromatic carbocycles. The largest absolute Gasteiger partial charge is 0.356 e. The maximum Gasteiger partial charge on any atom is 0.233 e. The van der Waals surface area contributed by atoms with Gasteiger partial charge in [0.15, 0.2) is 0 Å². The van der Waals surface area contributed by atoms with E-state index >= 15 is 0 Å². The molecule has 7 rings (SSSR count). The molecular weight excluding hydrogens is 552 g/mol. The van der Waals surface area contributed by atoms with Gasteiger partial charge in [0, 0.05) is 46.9 Å². The zero-order chi connectivity index (χ0) is 29.9. The first kappa shape index (κ1) is 29.1. The van der Waals surface area contributed by atoms with Gasteiger partial charge >= 0.3 is 0 Å². The summed E-state index contributed by atoms with van der Waals surface area (Å²) in [7, 11) is 0. The van der Waals surface area contributed by atoms with Crippen molar-refractivity contribution in [1.82, 2.24) is 20.1 Å². The number of hydrogen-bond donors (Lipinski definition) is 2. The van der Waals surface area contributed by atoms with Crippen molar-refractivity contribution in [2.24, 2.45) is 11.8 Å². The Balaban J connectivity index is 1.13. The van der Waals surface area contributed by atoms with Crippen LogP contribution in [0.5, 0.6) is 0 Å². The van der Waals surface area contributed by atoms with E-state index in [1.165, 1.54) is 75.1 Å². The minimum Gasteiger partial charge on any atom is -0.356 e.